The number of nitrogens with two attached hydrogens (primary N) is 1. The zero-order valence-electron chi connectivity index (χ0n) is 22.0. The molecule has 0 fully saturated rings. The summed E-state index contributed by atoms with van der Waals surface area (Å²) < 4.78 is 31.5. The van der Waals surface area contributed by atoms with Gasteiger partial charge in [0.05, 0.1) is 39.7 Å². The monoisotopic (exact) mass is 554 g/mol. The van der Waals surface area contributed by atoms with Crippen LogP contribution in [0.3, 0.4) is 0 Å². The number of halogens is 2. The van der Waals surface area contributed by atoms with E-state index in [1.807, 2.05) is 0 Å². The SMILES string of the molecule is Cn1cc(NC(=O)C(C)(C)c2cccc(Nc3sc(-c4c(F)cc(C(C)(C)O)cc4F)cc3C(N)=O)n2)cn1. The molecule has 12 heteroatoms. The average molecular weight is 555 g/mol. The molecule has 0 aliphatic rings. The van der Waals surface area contributed by atoms with E-state index in [0.29, 0.717) is 17.2 Å². The Hall–Kier alpha value is -4.16. The van der Waals surface area contributed by atoms with Gasteiger partial charge in [0.25, 0.3) is 5.91 Å². The maximum atomic E-state index is 15.0. The molecule has 0 aliphatic carbocycles. The van der Waals surface area contributed by atoms with Crippen LogP contribution in [-0.2, 0) is 22.9 Å². The van der Waals surface area contributed by atoms with Crippen molar-refractivity contribution in [2.45, 2.75) is 38.7 Å². The standard InChI is InChI=1S/C27H28F2N6O3S/c1-26(2,25(37)32-15-12-31-35(5)13-15)20-7-6-8-21(33-20)34-24-16(23(30)36)11-19(39-24)22-17(28)9-14(10-18(22)29)27(3,4)38/h6-13,38H,1-5H3,(H2,30,36)(H,32,37)(H,33,34). The second kappa shape index (κ2) is 10.2. The smallest absolute Gasteiger partial charge is 0.251 e. The molecule has 0 aliphatic heterocycles. The topological polar surface area (TPSA) is 135 Å². The number of hydrogen-bond acceptors (Lipinski definition) is 7. The Morgan fingerprint density at radius 3 is 2.33 bits per heavy atom. The molecule has 0 spiro atoms. The van der Waals surface area contributed by atoms with Crippen LogP contribution in [0.5, 0.6) is 0 Å². The number of carbonyl (C=O) groups excluding carboxylic acids is 2. The van der Waals surface area contributed by atoms with Gasteiger partial charge in [0.1, 0.15) is 22.5 Å². The van der Waals surface area contributed by atoms with E-state index < -0.39 is 28.6 Å². The summed E-state index contributed by atoms with van der Waals surface area (Å²) in [6.45, 7) is 6.27. The first-order valence-corrected chi connectivity index (χ1v) is 12.7. The quantitative estimate of drug-likeness (QED) is 0.247. The van der Waals surface area contributed by atoms with E-state index in [1.54, 1.807) is 50.0 Å². The van der Waals surface area contributed by atoms with E-state index in [9.17, 15) is 23.5 Å². The third-order valence-corrected chi connectivity index (χ3v) is 7.22. The number of nitrogens with one attached hydrogen (secondary N) is 2. The summed E-state index contributed by atoms with van der Waals surface area (Å²) in [6.07, 6.45) is 3.20. The van der Waals surface area contributed by atoms with Crippen molar-refractivity contribution in [1.82, 2.24) is 14.8 Å². The first kappa shape index (κ1) is 27.9. The summed E-state index contributed by atoms with van der Waals surface area (Å²) in [5.41, 5.74) is 3.78. The van der Waals surface area contributed by atoms with E-state index in [1.165, 1.54) is 26.1 Å². The van der Waals surface area contributed by atoms with Gasteiger partial charge in [0, 0.05) is 18.1 Å². The van der Waals surface area contributed by atoms with Gasteiger partial charge in [-0.15, -0.1) is 11.3 Å². The van der Waals surface area contributed by atoms with E-state index in [0.717, 1.165) is 23.5 Å². The molecule has 0 unspecified atom stereocenters. The molecule has 4 rings (SSSR count). The van der Waals surface area contributed by atoms with Gasteiger partial charge in [-0.25, -0.2) is 13.8 Å². The molecule has 0 atom stereocenters. The van der Waals surface area contributed by atoms with Crippen molar-refractivity contribution in [3.63, 3.8) is 0 Å². The molecule has 0 bridgehead atoms. The van der Waals surface area contributed by atoms with E-state index in [-0.39, 0.29) is 32.5 Å². The van der Waals surface area contributed by atoms with Crippen molar-refractivity contribution in [2.75, 3.05) is 10.6 Å². The molecule has 2 amide bonds. The van der Waals surface area contributed by atoms with Gasteiger partial charge in [-0.3, -0.25) is 14.3 Å². The number of aliphatic hydroxyl groups is 1. The molecular weight excluding hydrogens is 526 g/mol. The lowest BCUT2D eigenvalue weighted by Crippen LogP contribution is -2.35. The minimum Gasteiger partial charge on any atom is -0.386 e. The molecule has 3 aromatic heterocycles. The van der Waals surface area contributed by atoms with Gasteiger partial charge in [0.15, 0.2) is 0 Å². The largest absolute Gasteiger partial charge is 0.386 e. The van der Waals surface area contributed by atoms with E-state index in [2.05, 4.69) is 20.7 Å². The fraction of sp³-hybridized carbons (Fsp3) is 0.259. The summed E-state index contributed by atoms with van der Waals surface area (Å²) >= 11 is 0.918. The van der Waals surface area contributed by atoms with Crippen molar-refractivity contribution in [3.05, 3.63) is 77.2 Å². The minimum absolute atomic E-state index is 0.0150. The molecule has 9 nitrogen and oxygen atoms in total. The van der Waals surface area contributed by atoms with Gasteiger partial charge in [-0.05, 0) is 63.6 Å². The van der Waals surface area contributed by atoms with Crippen molar-refractivity contribution < 1.29 is 23.5 Å². The summed E-state index contributed by atoms with van der Waals surface area (Å²) in [7, 11) is 1.74. The van der Waals surface area contributed by atoms with Gasteiger partial charge >= 0.3 is 0 Å². The van der Waals surface area contributed by atoms with Gasteiger partial charge < -0.3 is 21.5 Å². The Labute approximate surface area is 227 Å². The molecule has 204 valence electrons. The number of amides is 2. The third kappa shape index (κ3) is 5.81. The molecule has 0 radical (unpaired) electrons. The number of aromatic nitrogens is 3. The summed E-state index contributed by atoms with van der Waals surface area (Å²) in [4.78, 5) is 29.9. The summed E-state index contributed by atoms with van der Waals surface area (Å²) in [5.74, 6) is -2.60. The minimum atomic E-state index is -1.44. The van der Waals surface area contributed by atoms with Crippen molar-refractivity contribution in [2.24, 2.45) is 12.8 Å². The van der Waals surface area contributed by atoms with Gasteiger partial charge in [-0.1, -0.05) is 6.07 Å². The second-order valence-corrected chi connectivity index (χ2v) is 11.2. The van der Waals surface area contributed by atoms with Crippen LogP contribution in [0, 0.1) is 11.6 Å². The zero-order chi connectivity index (χ0) is 28.7. The van der Waals surface area contributed by atoms with Crippen molar-refractivity contribution in [3.8, 4) is 10.4 Å². The van der Waals surface area contributed by atoms with Crippen LogP contribution in [0.2, 0.25) is 0 Å². The lowest BCUT2D eigenvalue weighted by molar-refractivity contribution is -0.120. The fourth-order valence-electron chi connectivity index (χ4n) is 3.81. The molecule has 0 saturated heterocycles. The first-order chi connectivity index (χ1) is 18.2. The average Bonchev–Trinajstić information content (AvgIpc) is 3.44. The number of aryl methyl sites for hydroxylation is 1. The zero-order valence-corrected chi connectivity index (χ0v) is 22.8. The van der Waals surface area contributed by atoms with Crippen LogP contribution < -0.4 is 16.4 Å². The molecular formula is C27H28F2N6O3S. The van der Waals surface area contributed by atoms with Crippen LogP contribution in [-0.4, -0.2) is 31.7 Å². The molecule has 1 aromatic carbocycles. The highest BCUT2D eigenvalue weighted by molar-refractivity contribution is 7.20. The predicted octanol–water partition coefficient (Wildman–Crippen LogP) is 4.81. The van der Waals surface area contributed by atoms with Crippen LogP contribution in [0.25, 0.3) is 10.4 Å². The van der Waals surface area contributed by atoms with Gasteiger partial charge in [-0.2, -0.15) is 5.10 Å². The lowest BCUT2D eigenvalue weighted by Gasteiger charge is -2.23. The fourth-order valence-corrected chi connectivity index (χ4v) is 4.93. The molecule has 39 heavy (non-hydrogen) atoms. The molecule has 5 N–H and O–H groups in total. The van der Waals surface area contributed by atoms with Crippen LogP contribution >= 0.6 is 11.3 Å². The Morgan fingerprint density at radius 2 is 1.77 bits per heavy atom. The highest BCUT2D eigenvalue weighted by Gasteiger charge is 2.32. The highest BCUT2D eigenvalue weighted by Crippen LogP contribution is 2.40. The number of carbonyl (C=O) groups is 2. The van der Waals surface area contributed by atoms with Gasteiger partial charge in [0.2, 0.25) is 5.91 Å². The number of benzene rings is 1. The normalized spacial score (nSPS) is 11.9. The predicted molar refractivity (Wildman–Crippen MR) is 146 cm³/mol. The third-order valence-electron chi connectivity index (χ3n) is 6.15. The van der Waals surface area contributed by atoms with Crippen LogP contribution in [0.4, 0.5) is 25.3 Å². The first-order valence-electron chi connectivity index (χ1n) is 11.9. The van der Waals surface area contributed by atoms with Crippen molar-refractivity contribution in [1.29, 1.82) is 0 Å². The Kier molecular flexibility index (Phi) is 7.28. The van der Waals surface area contributed by atoms with Crippen molar-refractivity contribution >= 4 is 39.7 Å². The van der Waals surface area contributed by atoms with Crippen LogP contribution in [0.15, 0.2) is 48.8 Å². The number of anilines is 3. The molecule has 0 saturated carbocycles. The Bertz CT molecular complexity index is 1550. The van der Waals surface area contributed by atoms with E-state index >= 15 is 0 Å². The highest BCUT2D eigenvalue weighted by atomic mass is 32.1. The maximum Gasteiger partial charge on any atom is 0.251 e. The second-order valence-electron chi connectivity index (χ2n) is 10.1. The number of primary amides is 1. The Balaban J connectivity index is 1.65. The number of thiophene rings is 1. The van der Waals surface area contributed by atoms with Crippen LogP contribution in [0.1, 0.15) is 49.3 Å². The number of rotatable bonds is 8. The number of pyridine rings is 1. The molecule has 4 aromatic rings. The maximum absolute atomic E-state index is 15.0. The summed E-state index contributed by atoms with van der Waals surface area (Å²) in [5, 5.41) is 20.2. The Morgan fingerprint density at radius 1 is 1.10 bits per heavy atom. The number of nitrogens with zero attached hydrogens (tertiary/aromatic N) is 3. The number of hydrogen-bond donors (Lipinski definition) is 4. The van der Waals surface area contributed by atoms with E-state index in [4.69, 9.17) is 5.73 Å². The lowest BCUT2D eigenvalue weighted by atomic mass is 9.87. The molecule has 3 heterocycles. The summed E-state index contributed by atoms with van der Waals surface area (Å²) in [6, 6.07) is 8.42.